The van der Waals surface area contributed by atoms with Gasteiger partial charge in [0.2, 0.25) is 0 Å². The second kappa shape index (κ2) is 5.91. The highest BCUT2D eigenvalue weighted by Crippen LogP contribution is 2.37. The van der Waals surface area contributed by atoms with Crippen LogP contribution in [0, 0.1) is 13.8 Å². The summed E-state index contributed by atoms with van der Waals surface area (Å²) in [5.41, 5.74) is 5.08. The molecule has 1 aromatic carbocycles. The van der Waals surface area contributed by atoms with Crippen molar-refractivity contribution in [3.8, 4) is 5.75 Å². The third kappa shape index (κ3) is 2.41. The standard InChI is InChI=1S/C19H24N2O/c1-5-20-14(3)13-16(15(20)4)11-12-19-21(6-2)17-9-7-8-10-18(17)22-19/h7-13,19H,5-6H2,1-4H3. The number of hydrogen-bond donors (Lipinski definition) is 0. The quantitative estimate of drug-likeness (QED) is 0.833. The van der Waals surface area contributed by atoms with Crippen LogP contribution in [0.1, 0.15) is 30.8 Å². The molecule has 0 radical (unpaired) electrons. The van der Waals surface area contributed by atoms with Gasteiger partial charge in [-0.25, -0.2) is 0 Å². The van der Waals surface area contributed by atoms with Crippen molar-refractivity contribution in [2.75, 3.05) is 11.4 Å². The van der Waals surface area contributed by atoms with E-state index in [4.69, 9.17) is 4.74 Å². The third-order valence-corrected chi connectivity index (χ3v) is 4.44. The van der Waals surface area contributed by atoms with E-state index < -0.39 is 0 Å². The molecule has 116 valence electrons. The van der Waals surface area contributed by atoms with Crippen molar-refractivity contribution >= 4 is 11.8 Å². The fourth-order valence-electron chi connectivity index (χ4n) is 3.29. The minimum atomic E-state index is -0.0212. The van der Waals surface area contributed by atoms with Gasteiger partial charge in [-0.15, -0.1) is 0 Å². The van der Waals surface area contributed by atoms with Crippen molar-refractivity contribution in [1.82, 2.24) is 4.57 Å². The number of para-hydroxylation sites is 2. The monoisotopic (exact) mass is 296 g/mol. The van der Waals surface area contributed by atoms with Crippen LogP contribution in [0.25, 0.3) is 6.08 Å². The van der Waals surface area contributed by atoms with Gasteiger partial charge in [-0.2, -0.15) is 0 Å². The molecule has 0 spiro atoms. The number of nitrogens with zero attached hydrogens (tertiary/aromatic N) is 2. The topological polar surface area (TPSA) is 17.4 Å². The van der Waals surface area contributed by atoms with Gasteiger partial charge in [0.1, 0.15) is 5.75 Å². The maximum atomic E-state index is 6.07. The lowest BCUT2D eigenvalue weighted by Crippen LogP contribution is -2.32. The SMILES string of the molecule is CCN1c2ccccc2OC1C=Cc1cc(C)n(CC)c1C. The second-order valence-corrected chi connectivity index (χ2v) is 5.69. The van der Waals surface area contributed by atoms with Crippen LogP contribution in [0.5, 0.6) is 5.75 Å². The minimum absolute atomic E-state index is 0.0212. The summed E-state index contributed by atoms with van der Waals surface area (Å²) in [6, 6.07) is 10.5. The molecular weight excluding hydrogens is 272 g/mol. The molecule has 1 atom stereocenters. The predicted molar refractivity (Wildman–Crippen MR) is 92.5 cm³/mol. The number of ether oxygens (including phenoxy) is 1. The normalized spacial score (nSPS) is 17.1. The van der Waals surface area contributed by atoms with Crippen LogP contribution >= 0.6 is 0 Å². The lowest BCUT2D eigenvalue weighted by molar-refractivity contribution is 0.275. The van der Waals surface area contributed by atoms with Crippen molar-refractivity contribution in [3.63, 3.8) is 0 Å². The number of hydrogen-bond acceptors (Lipinski definition) is 2. The summed E-state index contributed by atoms with van der Waals surface area (Å²) in [6.07, 6.45) is 4.32. The first kappa shape index (κ1) is 14.8. The first-order valence-electron chi connectivity index (χ1n) is 8.03. The number of benzene rings is 1. The predicted octanol–water partition coefficient (Wildman–Crippen LogP) is 4.38. The maximum absolute atomic E-state index is 6.07. The van der Waals surface area contributed by atoms with Crippen molar-refractivity contribution in [2.45, 2.75) is 40.5 Å². The Kier molecular flexibility index (Phi) is 3.97. The zero-order chi connectivity index (χ0) is 15.7. The summed E-state index contributed by atoms with van der Waals surface area (Å²) < 4.78 is 8.40. The average molecular weight is 296 g/mol. The van der Waals surface area contributed by atoms with Gasteiger partial charge in [-0.05, 0) is 57.5 Å². The molecule has 1 aliphatic heterocycles. The van der Waals surface area contributed by atoms with Crippen LogP contribution in [0.3, 0.4) is 0 Å². The smallest absolute Gasteiger partial charge is 0.192 e. The number of fused-ring (bicyclic) bond motifs is 1. The van der Waals surface area contributed by atoms with Crippen molar-refractivity contribution in [1.29, 1.82) is 0 Å². The number of likely N-dealkylation sites (N-methyl/N-ethyl adjacent to an activating group) is 1. The van der Waals surface area contributed by atoms with Gasteiger partial charge in [-0.1, -0.05) is 18.2 Å². The Morgan fingerprint density at radius 1 is 1.14 bits per heavy atom. The van der Waals surface area contributed by atoms with E-state index in [1.807, 2.05) is 12.1 Å². The molecule has 3 nitrogen and oxygen atoms in total. The van der Waals surface area contributed by atoms with Gasteiger partial charge < -0.3 is 14.2 Å². The highest BCUT2D eigenvalue weighted by Gasteiger charge is 2.27. The first-order valence-corrected chi connectivity index (χ1v) is 8.03. The molecule has 3 heteroatoms. The summed E-state index contributed by atoms with van der Waals surface area (Å²) >= 11 is 0. The molecule has 0 amide bonds. The van der Waals surface area contributed by atoms with Crippen LogP contribution in [0.2, 0.25) is 0 Å². The van der Waals surface area contributed by atoms with Gasteiger partial charge in [0.05, 0.1) is 5.69 Å². The molecule has 0 aliphatic carbocycles. The summed E-state index contributed by atoms with van der Waals surface area (Å²) in [5, 5.41) is 0. The van der Waals surface area contributed by atoms with E-state index in [2.05, 4.69) is 67.5 Å². The molecule has 1 aromatic heterocycles. The van der Waals surface area contributed by atoms with E-state index >= 15 is 0 Å². The summed E-state index contributed by atoms with van der Waals surface area (Å²) in [6.45, 7) is 10.6. The summed E-state index contributed by atoms with van der Waals surface area (Å²) in [5.74, 6) is 0.970. The van der Waals surface area contributed by atoms with E-state index in [9.17, 15) is 0 Å². The number of rotatable bonds is 4. The summed E-state index contributed by atoms with van der Waals surface area (Å²) in [4.78, 5) is 2.28. The fourth-order valence-corrected chi connectivity index (χ4v) is 3.29. The molecule has 2 aromatic rings. The summed E-state index contributed by atoms with van der Waals surface area (Å²) in [7, 11) is 0. The number of anilines is 1. The highest BCUT2D eigenvalue weighted by atomic mass is 16.5. The Morgan fingerprint density at radius 3 is 2.59 bits per heavy atom. The van der Waals surface area contributed by atoms with Crippen molar-refractivity contribution < 1.29 is 4.74 Å². The Labute approximate surface area is 132 Å². The molecule has 22 heavy (non-hydrogen) atoms. The molecule has 2 heterocycles. The molecule has 0 bridgehead atoms. The van der Waals surface area contributed by atoms with Gasteiger partial charge in [0, 0.05) is 24.5 Å². The van der Waals surface area contributed by atoms with E-state index in [1.54, 1.807) is 0 Å². The maximum Gasteiger partial charge on any atom is 0.192 e. The van der Waals surface area contributed by atoms with Crippen molar-refractivity contribution in [3.05, 3.63) is 53.4 Å². The van der Waals surface area contributed by atoms with Crippen LogP contribution in [-0.4, -0.2) is 17.3 Å². The molecular formula is C19H24N2O. The van der Waals surface area contributed by atoms with E-state index in [1.165, 1.54) is 22.6 Å². The third-order valence-electron chi connectivity index (χ3n) is 4.44. The molecule has 3 rings (SSSR count). The van der Waals surface area contributed by atoms with E-state index in [-0.39, 0.29) is 6.23 Å². The van der Waals surface area contributed by atoms with Gasteiger partial charge in [0.15, 0.2) is 6.23 Å². The second-order valence-electron chi connectivity index (χ2n) is 5.69. The molecule has 0 N–H and O–H groups in total. The lowest BCUT2D eigenvalue weighted by Gasteiger charge is -2.20. The first-order chi connectivity index (χ1) is 10.7. The zero-order valence-corrected chi connectivity index (χ0v) is 13.8. The Bertz CT molecular complexity index is 699. The fraction of sp³-hybridized carbons (Fsp3) is 0.368. The lowest BCUT2D eigenvalue weighted by atomic mass is 10.2. The number of aromatic nitrogens is 1. The van der Waals surface area contributed by atoms with Crippen LogP contribution < -0.4 is 9.64 Å². The molecule has 0 fully saturated rings. The molecule has 1 aliphatic rings. The van der Waals surface area contributed by atoms with E-state index in [0.717, 1.165) is 18.8 Å². The van der Waals surface area contributed by atoms with Crippen LogP contribution in [0.4, 0.5) is 5.69 Å². The van der Waals surface area contributed by atoms with Crippen LogP contribution in [-0.2, 0) is 6.54 Å². The van der Waals surface area contributed by atoms with E-state index in [0.29, 0.717) is 0 Å². The Balaban J connectivity index is 1.85. The molecule has 0 saturated heterocycles. The van der Waals surface area contributed by atoms with Crippen LogP contribution in [0.15, 0.2) is 36.4 Å². The molecule has 1 unspecified atom stereocenters. The Hall–Kier alpha value is -2.16. The van der Waals surface area contributed by atoms with Gasteiger partial charge >= 0.3 is 0 Å². The minimum Gasteiger partial charge on any atom is -0.465 e. The Morgan fingerprint density at radius 2 is 1.91 bits per heavy atom. The largest absolute Gasteiger partial charge is 0.465 e. The van der Waals surface area contributed by atoms with Crippen molar-refractivity contribution in [2.24, 2.45) is 0 Å². The zero-order valence-electron chi connectivity index (χ0n) is 13.8. The highest BCUT2D eigenvalue weighted by molar-refractivity contribution is 5.64. The van der Waals surface area contributed by atoms with Gasteiger partial charge in [-0.3, -0.25) is 0 Å². The average Bonchev–Trinajstić information content (AvgIpc) is 3.01. The number of aryl methyl sites for hydroxylation is 1. The van der Waals surface area contributed by atoms with Gasteiger partial charge in [0.25, 0.3) is 0 Å². The molecule has 0 saturated carbocycles.